The molecule has 130 valence electrons. The highest BCUT2D eigenvalue weighted by atomic mass is 35.5. The van der Waals surface area contributed by atoms with E-state index in [2.05, 4.69) is 0 Å². The molecule has 0 saturated heterocycles. The smallest absolute Gasteiger partial charge is 0.305 e. The molecule has 0 fully saturated rings. The van der Waals surface area contributed by atoms with Crippen molar-refractivity contribution < 1.29 is 19.1 Å². The summed E-state index contributed by atoms with van der Waals surface area (Å²) in [5, 5.41) is 8.93. The molecule has 3 rings (SSSR count). The van der Waals surface area contributed by atoms with Crippen LogP contribution in [0.25, 0.3) is 0 Å². The molecule has 0 bridgehead atoms. The molecule has 0 aliphatic carbocycles. The number of rotatable bonds is 4. The third kappa shape index (κ3) is 3.76. The lowest BCUT2D eigenvalue weighted by Crippen LogP contribution is -2.42. The highest BCUT2D eigenvalue weighted by Gasteiger charge is 2.36. The lowest BCUT2D eigenvalue weighted by atomic mass is 10.1. The van der Waals surface area contributed by atoms with Crippen molar-refractivity contribution in [3.05, 3.63) is 57.8 Å². The zero-order chi connectivity index (χ0) is 18.1. The van der Waals surface area contributed by atoms with Crippen LogP contribution in [0, 0.1) is 5.82 Å². The van der Waals surface area contributed by atoms with Crippen LogP contribution in [0.15, 0.2) is 41.3 Å². The van der Waals surface area contributed by atoms with Crippen LogP contribution in [0.4, 0.5) is 10.1 Å². The summed E-state index contributed by atoms with van der Waals surface area (Å²) in [5.74, 6) is -2.07. The normalized spacial score (nSPS) is 16.7. The second kappa shape index (κ2) is 7.23. The second-order valence-corrected chi connectivity index (χ2v) is 7.52. The third-order valence-corrected chi connectivity index (χ3v) is 5.69. The highest BCUT2D eigenvalue weighted by molar-refractivity contribution is 8.01. The van der Waals surface area contributed by atoms with Gasteiger partial charge in [-0.25, -0.2) is 4.39 Å². The molecule has 1 aliphatic heterocycles. The van der Waals surface area contributed by atoms with Crippen molar-refractivity contribution in [3.63, 3.8) is 0 Å². The van der Waals surface area contributed by atoms with Gasteiger partial charge in [-0.3, -0.25) is 9.59 Å². The Hall–Kier alpha value is -1.76. The molecular weight excluding hydrogens is 388 g/mol. The minimum absolute atomic E-state index is 0.0698. The summed E-state index contributed by atoms with van der Waals surface area (Å²) in [6.45, 7) is 0.0698. The minimum atomic E-state index is -1.08. The van der Waals surface area contributed by atoms with Crippen LogP contribution in [0.1, 0.15) is 12.0 Å². The molecule has 0 aromatic heterocycles. The number of hydrogen-bond acceptors (Lipinski definition) is 3. The first-order valence-electron chi connectivity index (χ1n) is 7.29. The molecule has 1 heterocycles. The SMILES string of the molecule is O=C(O)CC1Sc2cccc(F)c2N(Cc2ccc(Cl)c(Cl)c2)C1=O. The quantitative estimate of drug-likeness (QED) is 0.814. The molecule has 0 saturated carbocycles. The summed E-state index contributed by atoms with van der Waals surface area (Å²) in [6, 6.07) is 9.37. The number of thioether (sulfide) groups is 1. The number of fused-ring (bicyclic) bond motifs is 1. The fourth-order valence-electron chi connectivity index (χ4n) is 2.61. The van der Waals surface area contributed by atoms with Gasteiger partial charge >= 0.3 is 5.97 Å². The van der Waals surface area contributed by atoms with Crippen LogP contribution in [0.2, 0.25) is 10.0 Å². The Morgan fingerprint density at radius 3 is 2.68 bits per heavy atom. The van der Waals surface area contributed by atoms with Crippen molar-refractivity contribution in [1.82, 2.24) is 0 Å². The van der Waals surface area contributed by atoms with E-state index in [1.165, 1.54) is 17.0 Å². The van der Waals surface area contributed by atoms with Crippen molar-refractivity contribution in [2.75, 3.05) is 4.90 Å². The van der Waals surface area contributed by atoms with Gasteiger partial charge < -0.3 is 10.0 Å². The molecule has 1 unspecified atom stereocenters. The number of hydrogen-bond donors (Lipinski definition) is 1. The van der Waals surface area contributed by atoms with Gasteiger partial charge in [0, 0.05) is 4.90 Å². The number of carbonyl (C=O) groups is 2. The first-order chi connectivity index (χ1) is 11.9. The largest absolute Gasteiger partial charge is 0.481 e. The topological polar surface area (TPSA) is 57.6 Å². The number of carboxylic acids is 1. The summed E-state index contributed by atoms with van der Waals surface area (Å²) in [6.07, 6.45) is -0.336. The summed E-state index contributed by atoms with van der Waals surface area (Å²) >= 11 is 13.0. The summed E-state index contributed by atoms with van der Waals surface area (Å²) < 4.78 is 14.4. The molecule has 2 aromatic carbocycles. The minimum Gasteiger partial charge on any atom is -0.481 e. The maximum atomic E-state index is 14.4. The van der Waals surface area contributed by atoms with Gasteiger partial charge in [-0.1, -0.05) is 35.3 Å². The number of halogens is 3. The number of anilines is 1. The molecule has 25 heavy (non-hydrogen) atoms. The Morgan fingerprint density at radius 1 is 1.24 bits per heavy atom. The van der Waals surface area contributed by atoms with Gasteiger partial charge in [-0.05, 0) is 29.8 Å². The number of amides is 1. The maximum absolute atomic E-state index is 14.4. The van der Waals surface area contributed by atoms with E-state index in [4.69, 9.17) is 28.3 Å². The van der Waals surface area contributed by atoms with Gasteiger partial charge in [-0.15, -0.1) is 11.8 Å². The average Bonchev–Trinajstić information content (AvgIpc) is 2.54. The summed E-state index contributed by atoms with van der Waals surface area (Å²) in [4.78, 5) is 25.6. The van der Waals surface area contributed by atoms with Gasteiger partial charge in [0.1, 0.15) is 5.82 Å². The third-order valence-electron chi connectivity index (χ3n) is 3.72. The molecule has 2 aromatic rings. The predicted octanol–water partition coefficient (Wildman–Crippen LogP) is 4.61. The zero-order valence-corrected chi connectivity index (χ0v) is 15.0. The number of para-hydroxylation sites is 1. The van der Waals surface area contributed by atoms with Crippen molar-refractivity contribution >= 4 is 52.5 Å². The monoisotopic (exact) mass is 399 g/mol. The fraction of sp³-hybridized carbons (Fsp3) is 0.176. The second-order valence-electron chi connectivity index (χ2n) is 5.46. The van der Waals surface area contributed by atoms with Gasteiger partial charge in [0.15, 0.2) is 0 Å². The fourth-order valence-corrected chi connectivity index (χ4v) is 4.16. The van der Waals surface area contributed by atoms with Crippen molar-refractivity contribution in [3.8, 4) is 0 Å². The van der Waals surface area contributed by atoms with E-state index in [0.29, 0.717) is 20.5 Å². The van der Waals surface area contributed by atoms with Gasteiger partial charge in [-0.2, -0.15) is 0 Å². The zero-order valence-electron chi connectivity index (χ0n) is 12.7. The number of carboxylic acid groups (broad SMARTS) is 1. The van der Waals surface area contributed by atoms with Crippen molar-refractivity contribution in [2.24, 2.45) is 0 Å². The molecule has 1 atom stereocenters. The molecule has 8 heteroatoms. The Kier molecular flexibility index (Phi) is 5.22. The van der Waals surface area contributed by atoms with Crippen LogP contribution in [0.3, 0.4) is 0 Å². The molecular formula is C17H12Cl2FNO3S. The first-order valence-corrected chi connectivity index (χ1v) is 8.92. The predicted molar refractivity (Wildman–Crippen MR) is 95.9 cm³/mol. The molecule has 1 N–H and O–H groups in total. The van der Waals surface area contributed by atoms with E-state index >= 15 is 0 Å². The van der Waals surface area contributed by atoms with Crippen LogP contribution >= 0.6 is 35.0 Å². The van der Waals surface area contributed by atoms with E-state index < -0.39 is 22.9 Å². The van der Waals surface area contributed by atoms with Gasteiger partial charge in [0.05, 0.1) is 33.9 Å². The number of benzene rings is 2. The lowest BCUT2D eigenvalue weighted by molar-refractivity contribution is -0.138. The Morgan fingerprint density at radius 2 is 2.00 bits per heavy atom. The Bertz CT molecular complexity index is 862. The molecule has 1 aliphatic rings. The summed E-state index contributed by atoms with van der Waals surface area (Å²) in [7, 11) is 0. The average molecular weight is 400 g/mol. The van der Waals surface area contributed by atoms with Crippen LogP contribution in [-0.2, 0) is 16.1 Å². The number of aliphatic carboxylic acids is 1. The van der Waals surface area contributed by atoms with Gasteiger partial charge in [0.25, 0.3) is 0 Å². The van der Waals surface area contributed by atoms with Crippen LogP contribution in [-0.4, -0.2) is 22.2 Å². The van der Waals surface area contributed by atoms with Crippen LogP contribution in [0.5, 0.6) is 0 Å². The van der Waals surface area contributed by atoms with E-state index in [1.54, 1.807) is 24.3 Å². The molecule has 1 amide bonds. The van der Waals surface area contributed by atoms with Gasteiger partial charge in [0.2, 0.25) is 5.91 Å². The van der Waals surface area contributed by atoms with Crippen molar-refractivity contribution in [2.45, 2.75) is 23.1 Å². The molecule has 4 nitrogen and oxygen atoms in total. The Balaban J connectivity index is 2.01. The lowest BCUT2D eigenvalue weighted by Gasteiger charge is -2.33. The van der Waals surface area contributed by atoms with E-state index in [-0.39, 0.29) is 18.7 Å². The summed E-state index contributed by atoms with van der Waals surface area (Å²) in [5.41, 5.74) is 0.822. The molecule has 0 radical (unpaired) electrons. The first kappa shape index (κ1) is 18.0. The maximum Gasteiger partial charge on any atom is 0.305 e. The number of carbonyl (C=O) groups excluding carboxylic acids is 1. The van der Waals surface area contributed by atoms with Crippen molar-refractivity contribution in [1.29, 1.82) is 0 Å². The highest BCUT2D eigenvalue weighted by Crippen LogP contribution is 2.42. The standard InChI is InChI=1S/C17H12Cl2FNO3S/c18-10-5-4-9(6-11(10)19)8-21-16-12(20)2-1-3-13(16)25-14(17(21)24)7-15(22)23/h1-6,14H,7-8H2,(H,22,23). The Labute approximate surface area is 157 Å². The van der Waals surface area contributed by atoms with E-state index in [0.717, 1.165) is 11.8 Å². The number of nitrogens with zero attached hydrogens (tertiary/aromatic N) is 1. The van der Waals surface area contributed by atoms with E-state index in [9.17, 15) is 14.0 Å². The molecule has 0 spiro atoms. The van der Waals surface area contributed by atoms with Crippen LogP contribution < -0.4 is 4.90 Å². The van der Waals surface area contributed by atoms with E-state index in [1.807, 2.05) is 0 Å².